The maximum absolute atomic E-state index is 12.1. The molecule has 62 heavy (non-hydrogen) atoms. The van der Waals surface area contributed by atoms with Crippen LogP contribution in [0, 0.1) is 0 Å². The molecule has 4 atom stereocenters. The van der Waals surface area contributed by atoms with Gasteiger partial charge in [0.05, 0.1) is 12.1 Å². The second-order valence-corrected chi connectivity index (χ2v) is 13.0. The average molecular weight is 877 g/mol. The van der Waals surface area contributed by atoms with Gasteiger partial charge in [-0.25, -0.2) is 19.2 Å². The highest BCUT2D eigenvalue weighted by Gasteiger charge is 2.25. The van der Waals surface area contributed by atoms with Crippen molar-refractivity contribution in [2.45, 2.75) is 117 Å². The molecule has 4 amide bonds. The standard InChI is InChI=1S/C21H28N2O6.C18H22N2O9.CH2O2.CH4/c1-14(24)9-10-18(15(2)25)22-20(27)12-11-19(16(3)26)23-21(28)29-13-17-7-5-4-6-8-17;21-14(19-12(16(24)25)7-9-15(22)23)8-6-13(17(26)27)20-18(28)29-10-11-4-2-1-3-5-11;2-1-3;/h4-8,18-19H,9-13H2,1-3H3,(H,22,27)(H,23,28);1-5,12-13H,6-10H2,(H,19,21)(H,20,28)(H,22,23)(H,24,25)(H,26,27);1H,(H,2,3);1H4/t18-,19-;12-,13-;;/m00../s1. The van der Waals surface area contributed by atoms with Gasteiger partial charge in [0.1, 0.15) is 31.1 Å². The van der Waals surface area contributed by atoms with Crippen LogP contribution in [0.15, 0.2) is 60.7 Å². The number of carbonyl (C=O) groups excluding carboxylic acids is 7. The first-order valence-corrected chi connectivity index (χ1v) is 18.6. The summed E-state index contributed by atoms with van der Waals surface area (Å²) in [6.07, 6.45) is -2.78. The lowest BCUT2D eigenvalue weighted by Gasteiger charge is -2.18. The molecule has 0 fully saturated rings. The van der Waals surface area contributed by atoms with Crippen LogP contribution in [0.1, 0.15) is 90.7 Å². The smallest absolute Gasteiger partial charge is 0.408 e. The van der Waals surface area contributed by atoms with Gasteiger partial charge in [-0.05, 0) is 57.6 Å². The van der Waals surface area contributed by atoms with Crippen LogP contribution in [0.25, 0.3) is 0 Å². The first kappa shape index (κ1) is 56.9. The third-order valence-electron chi connectivity index (χ3n) is 8.01. The van der Waals surface area contributed by atoms with Crippen LogP contribution in [-0.2, 0) is 65.8 Å². The van der Waals surface area contributed by atoms with Gasteiger partial charge in [-0.2, -0.15) is 0 Å². The summed E-state index contributed by atoms with van der Waals surface area (Å²) in [5, 5.41) is 42.9. The highest BCUT2D eigenvalue weighted by molar-refractivity contribution is 5.89. The molecule has 0 heterocycles. The molecule has 21 heteroatoms. The molecule has 0 saturated carbocycles. The molecule has 0 radical (unpaired) electrons. The Hall–Kier alpha value is -7.19. The second kappa shape index (κ2) is 32.6. The number of nitrogens with one attached hydrogen (secondary N) is 4. The van der Waals surface area contributed by atoms with Crippen LogP contribution in [0.2, 0.25) is 0 Å². The molecule has 21 nitrogen and oxygen atoms in total. The Morgan fingerprint density at radius 2 is 0.855 bits per heavy atom. The number of Topliss-reactive ketones (excluding diaryl/α,β-unsaturated/α-hetero) is 3. The molecule has 2 aromatic rings. The normalized spacial score (nSPS) is 11.7. The van der Waals surface area contributed by atoms with Crippen LogP contribution in [-0.4, -0.2) is 110 Å². The zero-order chi connectivity index (χ0) is 46.3. The van der Waals surface area contributed by atoms with E-state index < -0.39 is 78.9 Å². The lowest BCUT2D eigenvalue weighted by Crippen LogP contribution is -2.44. The number of carboxylic acid groups (broad SMARTS) is 4. The third kappa shape index (κ3) is 28.3. The van der Waals surface area contributed by atoms with E-state index in [-0.39, 0.29) is 83.0 Å². The first-order chi connectivity index (χ1) is 28.8. The highest BCUT2D eigenvalue weighted by atomic mass is 16.6. The number of rotatable bonds is 24. The van der Waals surface area contributed by atoms with E-state index in [2.05, 4.69) is 21.3 Å². The van der Waals surface area contributed by atoms with Crippen LogP contribution in [0.4, 0.5) is 9.59 Å². The minimum atomic E-state index is -1.42. The summed E-state index contributed by atoms with van der Waals surface area (Å²) in [6, 6.07) is 13.3. The van der Waals surface area contributed by atoms with Gasteiger partial charge >= 0.3 is 30.1 Å². The number of alkyl carbamates (subject to hydrolysis) is 2. The van der Waals surface area contributed by atoms with Crippen molar-refractivity contribution in [1.29, 1.82) is 0 Å². The van der Waals surface area contributed by atoms with Crippen molar-refractivity contribution in [1.82, 2.24) is 21.3 Å². The van der Waals surface area contributed by atoms with Crippen molar-refractivity contribution in [3.8, 4) is 0 Å². The van der Waals surface area contributed by atoms with Gasteiger partial charge < -0.3 is 56.0 Å². The fourth-order valence-corrected chi connectivity index (χ4v) is 4.78. The maximum atomic E-state index is 12.1. The fourth-order valence-electron chi connectivity index (χ4n) is 4.78. The van der Waals surface area contributed by atoms with Crippen LogP contribution >= 0.6 is 0 Å². The zero-order valence-electron chi connectivity index (χ0n) is 33.8. The minimum Gasteiger partial charge on any atom is -0.483 e. The maximum Gasteiger partial charge on any atom is 0.408 e. The molecule has 2 rings (SSSR count). The number of carboxylic acids is 3. The van der Waals surface area contributed by atoms with Crippen molar-refractivity contribution in [3.63, 3.8) is 0 Å². The molecule has 0 aliphatic carbocycles. The van der Waals surface area contributed by atoms with Gasteiger partial charge in [0, 0.05) is 25.7 Å². The summed E-state index contributed by atoms with van der Waals surface area (Å²) in [7, 11) is 0. The van der Waals surface area contributed by atoms with E-state index in [1.54, 1.807) is 42.5 Å². The highest BCUT2D eigenvalue weighted by Crippen LogP contribution is 2.07. The molecular weight excluding hydrogens is 820 g/mol. The molecule has 0 spiro atoms. The van der Waals surface area contributed by atoms with Gasteiger partial charge in [-0.15, -0.1) is 0 Å². The van der Waals surface area contributed by atoms with Gasteiger partial charge in [-0.1, -0.05) is 68.1 Å². The predicted molar refractivity (Wildman–Crippen MR) is 218 cm³/mol. The summed E-state index contributed by atoms with van der Waals surface area (Å²) in [5.74, 6) is -5.85. The Labute approximate surface area is 357 Å². The molecule has 0 bridgehead atoms. The monoisotopic (exact) mass is 876 g/mol. The number of aliphatic carboxylic acids is 3. The first-order valence-electron chi connectivity index (χ1n) is 18.6. The van der Waals surface area contributed by atoms with E-state index in [1.807, 2.05) is 18.2 Å². The molecule has 0 aliphatic rings. The number of ether oxygens (including phenoxy) is 2. The van der Waals surface area contributed by atoms with Crippen molar-refractivity contribution in [2.75, 3.05) is 0 Å². The van der Waals surface area contributed by atoms with Crippen LogP contribution < -0.4 is 21.3 Å². The fraction of sp³-hybridized carbons (Fsp3) is 0.439. The lowest BCUT2D eigenvalue weighted by atomic mass is 10.0. The van der Waals surface area contributed by atoms with Gasteiger partial charge in [0.25, 0.3) is 6.47 Å². The minimum absolute atomic E-state index is 0. The molecule has 0 saturated heterocycles. The largest absolute Gasteiger partial charge is 0.483 e. The number of benzene rings is 2. The van der Waals surface area contributed by atoms with Gasteiger partial charge in [0.2, 0.25) is 11.8 Å². The van der Waals surface area contributed by atoms with Crippen molar-refractivity contribution in [3.05, 3.63) is 71.8 Å². The van der Waals surface area contributed by atoms with Crippen LogP contribution in [0.3, 0.4) is 0 Å². The molecule has 0 aromatic heterocycles. The third-order valence-corrected chi connectivity index (χ3v) is 8.01. The second-order valence-electron chi connectivity index (χ2n) is 13.0. The summed E-state index contributed by atoms with van der Waals surface area (Å²) in [6.45, 7) is 3.82. The number of amides is 4. The van der Waals surface area contributed by atoms with E-state index in [9.17, 15) is 53.1 Å². The van der Waals surface area contributed by atoms with Gasteiger partial charge in [-0.3, -0.25) is 28.8 Å². The summed E-state index contributed by atoms with van der Waals surface area (Å²) in [5.41, 5.74) is 1.51. The molecule has 342 valence electrons. The Kier molecular flexibility index (Phi) is 30.0. The summed E-state index contributed by atoms with van der Waals surface area (Å²) < 4.78 is 10.0. The zero-order valence-corrected chi connectivity index (χ0v) is 33.8. The summed E-state index contributed by atoms with van der Waals surface area (Å²) >= 11 is 0. The molecule has 0 aliphatic heterocycles. The molecule has 2 aromatic carbocycles. The van der Waals surface area contributed by atoms with Crippen LogP contribution in [0.5, 0.6) is 0 Å². The topological polar surface area (TPSA) is 335 Å². The number of ketones is 3. The predicted octanol–water partition coefficient (Wildman–Crippen LogP) is 3.01. The Balaban J connectivity index is 0. The van der Waals surface area contributed by atoms with Crippen molar-refractivity contribution < 1.29 is 82.6 Å². The van der Waals surface area contributed by atoms with Crippen molar-refractivity contribution >= 4 is 65.7 Å². The van der Waals surface area contributed by atoms with Crippen molar-refractivity contribution in [2.24, 2.45) is 0 Å². The van der Waals surface area contributed by atoms with E-state index in [1.165, 1.54) is 20.8 Å². The Morgan fingerprint density at radius 3 is 1.23 bits per heavy atom. The van der Waals surface area contributed by atoms with E-state index in [0.717, 1.165) is 5.56 Å². The van der Waals surface area contributed by atoms with E-state index in [4.69, 9.17) is 29.6 Å². The Bertz CT molecular complexity index is 1650. The molecule has 0 unspecified atom stereocenters. The number of carbonyl (C=O) groups is 11. The summed E-state index contributed by atoms with van der Waals surface area (Å²) in [4.78, 5) is 123. The quantitative estimate of drug-likeness (QED) is 0.0703. The van der Waals surface area contributed by atoms with E-state index >= 15 is 0 Å². The lowest BCUT2D eigenvalue weighted by molar-refractivity contribution is -0.144. The SMILES string of the molecule is C.CC(=O)CC[C@H](NC(=O)CC[C@H](NC(=O)OCc1ccccc1)C(C)=O)C(C)=O.O=C(O)CC[C@H](NC(=O)CC[C@H](NC(=O)OCc1ccccc1)C(=O)O)C(=O)O.O=CO. The number of hydrogen-bond acceptors (Lipinski definition) is 13. The Morgan fingerprint density at radius 1 is 0.532 bits per heavy atom. The van der Waals surface area contributed by atoms with Gasteiger partial charge in [0.15, 0.2) is 11.6 Å². The number of hydrogen-bond donors (Lipinski definition) is 8. The average Bonchev–Trinajstić information content (AvgIpc) is 3.20. The molecular formula is C41H56N4O17. The molecule has 8 N–H and O–H groups in total. The van der Waals surface area contributed by atoms with E-state index in [0.29, 0.717) is 5.56 Å².